The lowest BCUT2D eigenvalue weighted by Gasteiger charge is -1.97. The minimum absolute atomic E-state index is 0.117. The first kappa shape index (κ1) is 14.1. The van der Waals surface area contributed by atoms with E-state index < -0.39 is 11.2 Å². The van der Waals surface area contributed by atoms with Crippen molar-refractivity contribution in [2.45, 2.75) is 11.7 Å². The van der Waals surface area contributed by atoms with Crippen LogP contribution in [0, 0.1) is 0 Å². The number of nitrogens with zero attached hydrogens (tertiary/aromatic N) is 2. The van der Waals surface area contributed by atoms with E-state index >= 15 is 0 Å². The second kappa shape index (κ2) is 6.20. The molecule has 1 saturated heterocycles. The third kappa shape index (κ3) is 3.82. The van der Waals surface area contributed by atoms with Gasteiger partial charge in [0.2, 0.25) is 5.91 Å². The third-order valence-electron chi connectivity index (χ3n) is 2.36. The van der Waals surface area contributed by atoms with E-state index in [9.17, 15) is 14.7 Å². The van der Waals surface area contributed by atoms with Gasteiger partial charge in [0.05, 0.1) is 12.6 Å². The Kier molecular flexibility index (Phi) is 4.36. The van der Waals surface area contributed by atoms with E-state index in [0.29, 0.717) is 5.56 Å². The molecule has 3 N–H and O–H groups in total. The summed E-state index contributed by atoms with van der Waals surface area (Å²) in [4.78, 5) is 22.0. The molecule has 0 spiro atoms. The highest BCUT2D eigenvalue weighted by Crippen LogP contribution is 2.22. The molecule has 1 fully saturated rings. The van der Waals surface area contributed by atoms with Gasteiger partial charge in [0.1, 0.15) is 11.0 Å². The summed E-state index contributed by atoms with van der Waals surface area (Å²) in [6, 6.07) is 6.44. The number of amidine groups is 1. The number of carbonyl (C=O) groups is 2. The molecule has 1 atom stereocenters. The predicted molar refractivity (Wildman–Crippen MR) is 74.9 cm³/mol. The van der Waals surface area contributed by atoms with E-state index in [-0.39, 0.29) is 23.2 Å². The number of phenolic OH excluding ortho intramolecular Hbond substituents is 1. The maximum atomic E-state index is 11.4. The van der Waals surface area contributed by atoms with E-state index in [0.717, 1.165) is 11.8 Å². The van der Waals surface area contributed by atoms with Crippen molar-refractivity contribution in [2.24, 2.45) is 10.2 Å². The number of phenols is 1. The summed E-state index contributed by atoms with van der Waals surface area (Å²) < 4.78 is 0. The van der Waals surface area contributed by atoms with Crippen LogP contribution in [0.2, 0.25) is 0 Å². The van der Waals surface area contributed by atoms with Crippen LogP contribution in [0.1, 0.15) is 12.0 Å². The maximum absolute atomic E-state index is 11.4. The lowest BCUT2D eigenvalue weighted by atomic mass is 10.2. The van der Waals surface area contributed by atoms with Crippen LogP contribution in [-0.4, -0.2) is 38.7 Å². The number of hydrogen-bond acceptors (Lipinski definition) is 6. The molecule has 1 aromatic carbocycles. The summed E-state index contributed by atoms with van der Waals surface area (Å²) >= 11 is 1.03. The molecule has 0 bridgehead atoms. The predicted octanol–water partition coefficient (Wildman–Crippen LogP) is 0.788. The van der Waals surface area contributed by atoms with Crippen LogP contribution in [0.15, 0.2) is 34.5 Å². The number of thioether (sulfide) groups is 1. The molecule has 0 radical (unpaired) electrons. The average molecular weight is 293 g/mol. The van der Waals surface area contributed by atoms with Crippen molar-refractivity contribution in [1.29, 1.82) is 0 Å². The molecule has 1 aromatic rings. The SMILES string of the molecule is O=C(O)C[C@H]1S/C(=N/N=C\c2cccc(O)c2)NC1=O. The highest BCUT2D eigenvalue weighted by molar-refractivity contribution is 8.15. The highest BCUT2D eigenvalue weighted by Gasteiger charge is 2.32. The number of nitrogens with one attached hydrogen (secondary N) is 1. The Labute approximate surface area is 118 Å². The fourth-order valence-electron chi connectivity index (χ4n) is 1.50. The van der Waals surface area contributed by atoms with Crippen molar-refractivity contribution in [3.63, 3.8) is 0 Å². The number of aromatic hydroxyl groups is 1. The molecule has 1 amide bonds. The van der Waals surface area contributed by atoms with Crippen molar-refractivity contribution >= 4 is 35.0 Å². The van der Waals surface area contributed by atoms with Gasteiger partial charge in [-0.2, -0.15) is 5.10 Å². The van der Waals surface area contributed by atoms with Gasteiger partial charge < -0.3 is 15.5 Å². The van der Waals surface area contributed by atoms with Gasteiger partial charge >= 0.3 is 5.97 Å². The summed E-state index contributed by atoms with van der Waals surface area (Å²) in [5.41, 5.74) is 0.658. The van der Waals surface area contributed by atoms with E-state index in [1.165, 1.54) is 18.3 Å². The fourth-order valence-corrected chi connectivity index (χ4v) is 2.41. The van der Waals surface area contributed by atoms with E-state index in [2.05, 4.69) is 15.5 Å². The Hall–Kier alpha value is -2.35. The van der Waals surface area contributed by atoms with Crippen LogP contribution >= 0.6 is 11.8 Å². The minimum atomic E-state index is -1.04. The van der Waals surface area contributed by atoms with Crippen LogP contribution in [0.4, 0.5) is 0 Å². The second-order valence-electron chi connectivity index (χ2n) is 3.94. The normalized spacial score (nSPS) is 20.5. The van der Waals surface area contributed by atoms with E-state index in [1.54, 1.807) is 12.1 Å². The monoisotopic (exact) mass is 293 g/mol. The summed E-state index contributed by atoms with van der Waals surface area (Å²) in [5.74, 6) is -1.31. The molecule has 1 aliphatic heterocycles. The molecule has 1 aliphatic rings. The van der Waals surface area contributed by atoms with Crippen LogP contribution in [0.5, 0.6) is 5.75 Å². The maximum Gasteiger partial charge on any atom is 0.305 e. The molecule has 104 valence electrons. The summed E-state index contributed by atoms with van der Waals surface area (Å²) in [6.07, 6.45) is 1.16. The molecule has 0 aliphatic carbocycles. The molecule has 1 heterocycles. The lowest BCUT2D eigenvalue weighted by molar-refractivity contribution is -0.138. The van der Waals surface area contributed by atoms with Crippen molar-refractivity contribution in [3.05, 3.63) is 29.8 Å². The van der Waals surface area contributed by atoms with Crippen molar-refractivity contribution < 1.29 is 19.8 Å². The molecule has 0 saturated carbocycles. The Balaban J connectivity index is 1.99. The van der Waals surface area contributed by atoms with Crippen LogP contribution in [0.3, 0.4) is 0 Å². The fraction of sp³-hybridized carbons (Fsp3) is 0.167. The van der Waals surface area contributed by atoms with Crippen molar-refractivity contribution in [3.8, 4) is 5.75 Å². The van der Waals surface area contributed by atoms with Crippen molar-refractivity contribution in [1.82, 2.24) is 5.32 Å². The topological polar surface area (TPSA) is 111 Å². The first-order valence-electron chi connectivity index (χ1n) is 5.64. The number of carbonyl (C=O) groups excluding carboxylic acids is 1. The molecular formula is C12H11N3O4S. The quantitative estimate of drug-likeness (QED) is 0.561. The van der Waals surface area contributed by atoms with Gasteiger partial charge in [-0.05, 0) is 17.7 Å². The van der Waals surface area contributed by atoms with Gasteiger partial charge in [0.15, 0.2) is 5.17 Å². The zero-order valence-corrected chi connectivity index (χ0v) is 11.0. The Morgan fingerprint density at radius 3 is 3.00 bits per heavy atom. The smallest absolute Gasteiger partial charge is 0.305 e. The number of carboxylic acids is 1. The molecule has 0 unspecified atom stereocenters. The zero-order valence-electron chi connectivity index (χ0n) is 10.2. The zero-order chi connectivity index (χ0) is 14.5. The summed E-state index contributed by atoms with van der Waals surface area (Å²) in [7, 11) is 0. The van der Waals surface area contributed by atoms with Gasteiger partial charge in [-0.15, -0.1) is 5.10 Å². The summed E-state index contributed by atoms with van der Waals surface area (Å²) in [5, 5.41) is 27.5. The van der Waals surface area contributed by atoms with Crippen LogP contribution in [0.25, 0.3) is 0 Å². The highest BCUT2D eigenvalue weighted by atomic mass is 32.2. The van der Waals surface area contributed by atoms with E-state index in [1.807, 2.05) is 0 Å². The van der Waals surface area contributed by atoms with Crippen molar-refractivity contribution in [2.75, 3.05) is 0 Å². The Morgan fingerprint density at radius 1 is 1.50 bits per heavy atom. The Morgan fingerprint density at radius 2 is 2.30 bits per heavy atom. The number of aliphatic carboxylic acids is 1. The number of hydrogen-bond donors (Lipinski definition) is 3. The molecule has 7 nitrogen and oxygen atoms in total. The lowest BCUT2D eigenvalue weighted by Crippen LogP contribution is -2.26. The largest absolute Gasteiger partial charge is 0.508 e. The van der Waals surface area contributed by atoms with Gasteiger partial charge in [-0.3, -0.25) is 9.59 Å². The molecule has 8 heteroatoms. The summed E-state index contributed by atoms with van der Waals surface area (Å²) in [6.45, 7) is 0. The minimum Gasteiger partial charge on any atom is -0.508 e. The molecule has 20 heavy (non-hydrogen) atoms. The number of carboxylic acid groups (broad SMARTS) is 1. The van der Waals surface area contributed by atoms with Gasteiger partial charge in [0.25, 0.3) is 0 Å². The van der Waals surface area contributed by atoms with Gasteiger partial charge in [0, 0.05) is 0 Å². The third-order valence-corrected chi connectivity index (χ3v) is 3.43. The van der Waals surface area contributed by atoms with Gasteiger partial charge in [-0.25, -0.2) is 0 Å². The van der Waals surface area contributed by atoms with Crippen LogP contribution < -0.4 is 5.32 Å². The average Bonchev–Trinajstić information content (AvgIpc) is 2.69. The number of rotatable bonds is 4. The number of amides is 1. The van der Waals surface area contributed by atoms with E-state index in [4.69, 9.17) is 5.11 Å². The first-order valence-corrected chi connectivity index (χ1v) is 6.52. The molecule has 2 rings (SSSR count). The standard InChI is InChI=1S/C12H11N3O4S/c16-8-3-1-2-7(4-8)6-13-15-12-14-11(19)9(20-12)5-10(17)18/h1-4,6,9,16H,5H2,(H,17,18)(H,14,15,19)/b13-6-/t9-/m1/s1. The first-order chi connectivity index (χ1) is 9.54. The molecule has 0 aromatic heterocycles. The van der Waals surface area contributed by atoms with Gasteiger partial charge in [-0.1, -0.05) is 23.9 Å². The Bertz CT molecular complexity index is 600. The molecular weight excluding hydrogens is 282 g/mol. The number of benzene rings is 1. The van der Waals surface area contributed by atoms with Crippen LogP contribution in [-0.2, 0) is 9.59 Å². The second-order valence-corrected chi connectivity index (χ2v) is 5.13.